The SMILES string of the molecule is CCOC(=O)c1c(NC(=O)CSCC(=O)Nc2cccc(C)c2)sc2c1CCC(C)C2. The quantitative estimate of drug-likeness (QED) is 0.560. The first-order valence-corrected chi connectivity index (χ1v) is 12.4. The first kappa shape index (κ1) is 23.3. The summed E-state index contributed by atoms with van der Waals surface area (Å²) in [7, 11) is 0. The number of nitrogens with one attached hydrogen (secondary N) is 2. The summed E-state index contributed by atoms with van der Waals surface area (Å²) in [6.07, 6.45) is 2.76. The Balaban J connectivity index is 1.57. The van der Waals surface area contributed by atoms with Crippen LogP contribution in [0.3, 0.4) is 0 Å². The van der Waals surface area contributed by atoms with E-state index in [-0.39, 0.29) is 29.3 Å². The van der Waals surface area contributed by atoms with Crippen molar-refractivity contribution in [3.63, 3.8) is 0 Å². The molecule has 1 heterocycles. The highest BCUT2D eigenvalue weighted by Gasteiger charge is 2.29. The van der Waals surface area contributed by atoms with Gasteiger partial charge >= 0.3 is 5.97 Å². The van der Waals surface area contributed by atoms with E-state index in [1.165, 1.54) is 23.1 Å². The van der Waals surface area contributed by atoms with E-state index in [0.717, 1.165) is 41.0 Å². The molecule has 31 heavy (non-hydrogen) atoms. The molecule has 1 aliphatic carbocycles. The van der Waals surface area contributed by atoms with Crippen molar-refractivity contribution in [2.24, 2.45) is 5.92 Å². The molecule has 1 aromatic heterocycles. The Morgan fingerprint density at radius 3 is 2.65 bits per heavy atom. The second kappa shape index (κ2) is 10.8. The van der Waals surface area contributed by atoms with Gasteiger partial charge in [0.2, 0.25) is 11.8 Å². The minimum Gasteiger partial charge on any atom is -0.462 e. The lowest BCUT2D eigenvalue weighted by Crippen LogP contribution is -2.19. The molecule has 2 N–H and O–H groups in total. The van der Waals surface area contributed by atoms with Crippen LogP contribution >= 0.6 is 23.1 Å². The van der Waals surface area contributed by atoms with Gasteiger partial charge in [-0.05, 0) is 62.3 Å². The first-order valence-electron chi connectivity index (χ1n) is 10.4. The molecular weight excluding hydrogens is 432 g/mol. The topological polar surface area (TPSA) is 84.5 Å². The van der Waals surface area contributed by atoms with E-state index in [4.69, 9.17) is 4.74 Å². The smallest absolute Gasteiger partial charge is 0.341 e. The summed E-state index contributed by atoms with van der Waals surface area (Å²) in [6, 6.07) is 7.57. The van der Waals surface area contributed by atoms with Crippen LogP contribution in [0.25, 0.3) is 0 Å². The summed E-state index contributed by atoms with van der Waals surface area (Å²) in [5.74, 6) is 0.0940. The van der Waals surface area contributed by atoms with Crippen molar-refractivity contribution in [3.8, 4) is 0 Å². The molecular formula is C23H28N2O4S2. The molecule has 0 saturated heterocycles. The highest BCUT2D eigenvalue weighted by molar-refractivity contribution is 8.00. The van der Waals surface area contributed by atoms with Gasteiger partial charge < -0.3 is 15.4 Å². The number of carbonyl (C=O) groups excluding carboxylic acids is 3. The van der Waals surface area contributed by atoms with Crippen LogP contribution in [0, 0.1) is 12.8 Å². The van der Waals surface area contributed by atoms with Crippen molar-refractivity contribution >= 4 is 51.6 Å². The fourth-order valence-corrected chi connectivity index (χ4v) is 5.61. The molecule has 1 aliphatic rings. The van der Waals surface area contributed by atoms with Crippen molar-refractivity contribution in [1.82, 2.24) is 0 Å². The zero-order chi connectivity index (χ0) is 22.4. The maximum Gasteiger partial charge on any atom is 0.341 e. The van der Waals surface area contributed by atoms with Gasteiger partial charge in [0.05, 0.1) is 23.7 Å². The molecule has 0 spiro atoms. The van der Waals surface area contributed by atoms with Crippen molar-refractivity contribution in [2.45, 2.75) is 40.0 Å². The summed E-state index contributed by atoms with van der Waals surface area (Å²) in [6.45, 7) is 6.22. The minimum absolute atomic E-state index is 0.127. The molecule has 3 rings (SSSR count). The number of thiophene rings is 1. The lowest BCUT2D eigenvalue weighted by Gasteiger charge is -2.18. The molecule has 0 aliphatic heterocycles. The number of amides is 2. The summed E-state index contributed by atoms with van der Waals surface area (Å²) in [4.78, 5) is 38.3. The maximum atomic E-state index is 12.5. The number of esters is 1. The highest BCUT2D eigenvalue weighted by atomic mass is 32.2. The van der Waals surface area contributed by atoms with E-state index < -0.39 is 0 Å². The number of ether oxygens (including phenoxy) is 1. The predicted octanol–water partition coefficient (Wildman–Crippen LogP) is 4.67. The van der Waals surface area contributed by atoms with Gasteiger partial charge in [-0.25, -0.2) is 4.79 Å². The molecule has 0 radical (unpaired) electrons. The van der Waals surface area contributed by atoms with E-state index in [1.54, 1.807) is 6.92 Å². The maximum absolute atomic E-state index is 12.5. The first-order chi connectivity index (χ1) is 14.9. The van der Waals surface area contributed by atoms with Crippen LogP contribution in [0.2, 0.25) is 0 Å². The molecule has 166 valence electrons. The molecule has 1 aromatic carbocycles. The third-order valence-corrected chi connectivity index (χ3v) is 7.11. The van der Waals surface area contributed by atoms with Gasteiger partial charge in [-0.3, -0.25) is 9.59 Å². The van der Waals surface area contributed by atoms with Crippen LogP contribution in [0.15, 0.2) is 24.3 Å². The standard InChI is InChI=1S/C23H28N2O4S2/c1-4-29-23(28)21-17-9-8-15(3)11-18(17)31-22(21)25-20(27)13-30-12-19(26)24-16-7-5-6-14(2)10-16/h5-7,10,15H,4,8-9,11-13H2,1-3H3,(H,24,26)(H,25,27). The fraction of sp³-hybridized carbons (Fsp3) is 0.435. The van der Waals surface area contributed by atoms with Gasteiger partial charge in [-0.15, -0.1) is 23.1 Å². The number of hydrogen-bond donors (Lipinski definition) is 2. The molecule has 1 atom stereocenters. The van der Waals surface area contributed by atoms with Crippen LogP contribution in [-0.2, 0) is 27.2 Å². The average Bonchev–Trinajstić information content (AvgIpc) is 3.04. The Morgan fingerprint density at radius 1 is 1.19 bits per heavy atom. The molecule has 0 saturated carbocycles. The number of aryl methyl sites for hydroxylation is 1. The average molecular weight is 461 g/mol. The normalized spacial score (nSPS) is 15.1. The third-order valence-electron chi connectivity index (χ3n) is 5.01. The lowest BCUT2D eigenvalue weighted by atomic mass is 9.88. The number of anilines is 2. The zero-order valence-electron chi connectivity index (χ0n) is 18.1. The molecule has 6 nitrogen and oxygen atoms in total. The van der Waals surface area contributed by atoms with E-state index in [9.17, 15) is 14.4 Å². The molecule has 0 fully saturated rings. The number of carbonyl (C=O) groups is 3. The van der Waals surface area contributed by atoms with E-state index in [0.29, 0.717) is 23.1 Å². The van der Waals surface area contributed by atoms with Gasteiger partial charge in [0, 0.05) is 10.6 Å². The Bertz CT molecular complexity index is 970. The summed E-state index contributed by atoms with van der Waals surface area (Å²) in [5.41, 5.74) is 3.33. The van der Waals surface area contributed by atoms with Crippen LogP contribution in [0.4, 0.5) is 10.7 Å². The fourth-order valence-electron chi connectivity index (χ4n) is 3.58. The van der Waals surface area contributed by atoms with Crippen LogP contribution in [-0.4, -0.2) is 35.9 Å². The van der Waals surface area contributed by atoms with Crippen molar-refractivity contribution in [3.05, 3.63) is 45.8 Å². The van der Waals surface area contributed by atoms with Crippen molar-refractivity contribution in [2.75, 3.05) is 28.7 Å². The summed E-state index contributed by atoms with van der Waals surface area (Å²) >= 11 is 2.71. The van der Waals surface area contributed by atoms with Gasteiger partial charge in [0.25, 0.3) is 0 Å². The highest BCUT2D eigenvalue weighted by Crippen LogP contribution is 2.40. The Kier molecular flexibility index (Phi) is 8.15. The molecule has 8 heteroatoms. The number of benzene rings is 1. The van der Waals surface area contributed by atoms with Gasteiger partial charge in [0.1, 0.15) is 5.00 Å². The minimum atomic E-state index is -0.380. The Hall–Kier alpha value is -2.32. The predicted molar refractivity (Wildman–Crippen MR) is 127 cm³/mol. The van der Waals surface area contributed by atoms with E-state index in [1.807, 2.05) is 31.2 Å². The summed E-state index contributed by atoms with van der Waals surface area (Å²) in [5, 5.41) is 6.27. The van der Waals surface area contributed by atoms with Crippen molar-refractivity contribution < 1.29 is 19.1 Å². The lowest BCUT2D eigenvalue weighted by molar-refractivity contribution is -0.114. The van der Waals surface area contributed by atoms with Gasteiger partial charge in [-0.2, -0.15) is 0 Å². The van der Waals surface area contributed by atoms with E-state index in [2.05, 4.69) is 17.6 Å². The largest absolute Gasteiger partial charge is 0.462 e. The monoisotopic (exact) mass is 460 g/mol. The van der Waals surface area contributed by atoms with Crippen molar-refractivity contribution in [1.29, 1.82) is 0 Å². The molecule has 2 amide bonds. The van der Waals surface area contributed by atoms with Crippen LogP contribution in [0.5, 0.6) is 0 Å². The summed E-state index contributed by atoms with van der Waals surface area (Å²) < 4.78 is 5.24. The Labute approximate surface area is 191 Å². The second-order valence-corrected chi connectivity index (χ2v) is 9.83. The third kappa shape index (κ3) is 6.33. The van der Waals surface area contributed by atoms with Crippen LogP contribution < -0.4 is 10.6 Å². The number of hydrogen-bond acceptors (Lipinski definition) is 6. The zero-order valence-corrected chi connectivity index (χ0v) is 19.7. The molecule has 0 bridgehead atoms. The number of thioether (sulfide) groups is 1. The molecule has 2 aromatic rings. The van der Waals surface area contributed by atoms with Crippen LogP contribution in [0.1, 0.15) is 46.6 Å². The van der Waals surface area contributed by atoms with E-state index >= 15 is 0 Å². The molecule has 1 unspecified atom stereocenters. The van der Waals surface area contributed by atoms with Gasteiger partial charge in [-0.1, -0.05) is 19.1 Å². The number of fused-ring (bicyclic) bond motifs is 1. The number of rotatable bonds is 8. The Morgan fingerprint density at radius 2 is 1.94 bits per heavy atom. The second-order valence-electron chi connectivity index (χ2n) is 7.73. The van der Waals surface area contributed by atoms with Gasteiger partial charge in [0.15, 0.2) is 0 Å².